The minimum Gasteiger partial charge on any atom is -0.314 e. The number of rotatable bonds is 4. The van der Waals surface area contributed by atoms with Gasteiger partial charge < -0.3 is 4.98 Å². The Morgan fingerprint density at radius 2 is 2.00 bits per heavy atom. The van der Waals surface area contributed by atoms with Gasteiger partial charge >= 0.3 is 5.69 Å². The van der Waals surface area contributed by atoms with E-state index in [2.05, 4.69) is 18.8 Å². The maximum absolute atomic E-state index is 11.4. The minimum absolute atomic E-state index is 0.222. The highest BCUT2D eigenvalue weighted by molar-refractivity contribution is 4.83. The molecule has 0 aliphatic rings. The number of hydrogen-bond acceptors (Lipinski definition) is 2. The second-order valence-electron chi connectivity index (χ2n) is 3.41. The Morgan fingerprint density at radius 1 is 1.36 bits per heavy atom. The van der Waals surface area contributed by atoms with Crippen molar-refractivity contribution in [3.05, 3.63) is 33.1 Å². The quantitative estimate of drug-likeness (QED) is 0.780. The second-order valence-corrected chi connectivity index (χ2v) is 3.41. The van der Waals surface area contributed by atoms with Crippen LogP contribution in [0.5, 0.6) is 0 Å². The Hall–Kier alpha value is -1.32. The first kappa shape index (κ1) is 10.8. The van der Waals surface area contributed by atoms with Crippen molar-refractivity contribution in [1.29, 1.82) is 0 Å². The molecule has 78 valence electrons. The average Bonchev–Trinajstić information content (AvgIpc) is 2.18. The zero-order valence-electron chi connectivity index (χ0n) is 8.62. The molecule has 4 nitrogen and oxygen atoms in total. The number of nitrogens with zero attached hydrogens (tertiary/aromatic N) is 1. The summed E-state index contributed by atoms with van der Waals surface area (Å²) in [5, 5.41) is 0. The topological polar surface area (TPSA) is 54.9 Å². The summed E-state index contributed by atoms with van der Waals surface area (Å²) < 4.78 is 1.26. The monoisotopic (exact) mass is 196 g/mol. The van der Waals surface area contributed by atoms with Crippen LogP contribution in [0.15, 0.2) is 21.9 Å². The highest BCUT2D eigenvalue weighted by Gasteiger charge is 2.07. The van der Waals surface area contributed by atoms with Gasteiger partial charge in [0, 0.05) is 18.8 Å². The van der Waals surface area contributed by atoms with E-state index in [1.54, 1.807) is 0 Å². The van der Waals surface area contributed by atoms with Crippen LogP contribution in [0.3, 0.4) is 0 Å². The molecule has 1 N–H and O–H groups in total. The molecular formula is C10H16N2O2. The van der Waals surface area contributed by atoms with Crippen LogP contribution in [0.25, 0.3) is 0 Å². The van der Waals surface area contributed by atoms with E-state index in [4.69, 9.17) is 0 Å². The number of nitrogens with one attached hydrogen (secondary N) is 1. The third-order valence-corrected chi connectivity index (χ3v) is 2.54. The fourth-order valence-corrected chi connectivity index (χ4v) is 1.43. The molecule has 1 aromatic rings. The van der Waals surface area contributed by atoms with Gasteiger partial charge in [-0.2, -0.15) is 0 Å². The molecule has 0 spiro atoms. The van der Waals surface area contributed by atoms with Gasteiger partial charge in [0.15, 0.2) is 0 Å². The summed E-state index contributed by atoms with van der Waals surface area (Å²) in [6.07, 6.45) is 3.35. The number of H-pyrrole nitrogens is 1. The SMILES string of the molecule is CCC(CC)Cn1c(=O)cc[nH]c1=O. The Morgan fingerprint density at radius 3 is 2.50 bits per heavy atom. The van der Waals surface area contributed by atoms with E-state index in [-0.39, 0.29) is 11.2 Å². The van der Waals surface area contributed by atoms with Gasteiger partial charge in [-0.15, -0.1) is 0 Å². The van der Waals surface area contributed by atoms with Crippen LogP contribution in [-0.2, 0) is 6.54 Å². The maximum Gasteiger partial charge on any atom is 0.328 e. The Balaban J connectivity index is 2.96. The van der Waals surface area contributed by atoms with Crippen molar-refractivity contribution < 1.29 is 0 Å². The van der Waals surface area contributed by atoms with Gasteiger partial charge in [-0.1, -0.05) is 26.7 Å². The predicted octanol–water partition coefficient (Wildman–Crippen LogP) is 0.973. The van der Waals surface area contributed by atoms with Crippen LogP contribution in [0.4, 0.5) is 0 Å². The maximum atomic E-state index is 11.4. The molecule has 1 heterocycles. The first-order valence-electron chi connectivity index (χ1n) is 4.97. The molecule has 14 heavy (non-hydrogen) atoms. The third kappa shape index (κ3) is 2.34. The fourth-order valence-electron chi connectivity index (χ4n) is 1.43. The van der Waals surface area contributed by atoms with E-state index in [9.17, 15) is 9.59 Å². The van der Waals surface area contributed by atoms with Crippen molar-refractivity contribution in [2.75, 3.05) is 0 Å². The molecule has 0 radical (unpaired) electrons. The van der Waals surface area contributed by atoms with E-state index in [1.807, 2.05) is 0 Å². The van der Waals surface area contributed by atoms with Gasteiger partial charge in [0.05, 0.1) is 0 Å². The standard InChI is InChI=1S/C10H16N2O2/c1-3-8(4-2)7-12-9(13)5-6-11-10(12)14/h5-6,8H,3-4,7H2,1-2H3,(H,11,14). The minimum atomic E-state index is -0.315. The summed E-state index contributed by atoms with van der Waals surface area (Å²) in [5.74, 6) is 0.399. The number of aromatic amines is 1. The van der Waals surface area contributed by atoms with Crippen LogP contribution < -0.4 is 11.2 Å². The van der Waals surface area contributed by atoms with E-state index >= 15 is 0 Å². The molecule has 0 saturated carbocycles. The first-order chi connectivity index (χ1) is 6.69. The van der Waals surface area contributed by atoms with E-state index in [0.29, 0.717) is 12.5 Å². The number of hydrogen-bond donors (Lipinski definition) is 1. The van der Waals surface area contributed by atoms with Crippen molar-refractivity contribution in [2.24, 2.45) is 5.92 Å². The Labute approximate surface area is 82.6 Å². The summed E-state index contributed by atoms with van der Waals surface area (Å²) in [7, 11) is 0. The second kappa shape index (κ2) is 4.79. The Kier molecular flexibility index (Phi) is 3.68. The molecule has 1 aromatic heterocycles. The number of aromatic nitrogens is 2. The average molecular weight is 196 g/mol. The molecule has 0 saturated heterocycles. The molecule has 0 aromatic carbocycles. The lowest BCUT2D eigenvalue weighted by atomic mass is 10.0. The molecule has 0 amide bonds. The summed E-state index contributed by atoms with van der Waals surface area (Å²) in [6.45, 7) is 4.65. The van der Waals surface area contributed by atoms with E-state index < -0.39 is 0 Å². The molecule has 4 heteroatoms. The highest BCUT2D eigenvalue weighted by atomic mass is 16.2. The van der Waals surface area contributed by atoms with Crippen molar-refractivity contribution in [3.8, 4) is 0 Å². The fraction of sp³-hybridized carbons (Fsp3) is 0.600. The van der Waals surface area contributed by atoms with Crippen molar-refractivity contribution in [1.82, 2.24) is 9.55 Å². The molecule has 1 rings (SSSR count). The van der Waals surface area contributed by atoms with Gasteiger partial charge in [0.2, 0.25) is 0 Å². The largest absolute Gasteiger partial charge is 0.328 e. The summed E-state index contributed by atoms with van der Waals surface area (Å²) in [5.41, 5.74) is -0.537. The first-order valence-corrected chi connectivity index (χ1v) is 4.97. The van der Waals surface area contributed by atoms with Crippen molar-refractivity contribution in [2.45, 2.75) is 33.2 Å². The zero-order valence-corrected chi connectivity index (χ0v) is 8.62. The molecule has 0 fully saturated rings. The van der Waals surface area contributed by atoms with Crippen LogP contribution >= 0.6 is 0 Å². The van der Waals surface area contributed by atoms with Gasteiger partial charge in [-0.05, 0) is 5.92 Å². The third-order valence-electron chi connectivity index (χ3n) is 2.54. The Bertz CT molecular complexity index is 359. The van der Waals surface area contributed by atoms with Gasteiger partial charge in [-0.25, -0.2) is 4.79 Å². The van der Waals surface area contributed by atoms with Crippen LogP contribution in [0.1, 0.15) is 26.7 Å². The molecular weight excluding hydrogens is 180 g/mol. The van der Waals surface area contributed by atoms with E-state index in [0.717, 1.165) is 12.8 Å². The summed E-state index contributed by atoms with van der Waals surface area (Å²) >= 11 is 0. The van der Waals surface area contributed by atoms with Gasteiger partial charge in [0.25, 0.3) is 5.56 Å². The lowest BCUT2D eigenvalue weighted by molar-refractivity contribution is 0.402. The summed E-state index contributed by atoms with van der Waals surface area (Å²) in [6, 6.07) is 1.38. The van der Waals surface area contributed by atoms with Crippen LogP contribution in [-0.4, -0.2) is 9.55 Å². The van der Waals surface area contributed by atoms with Gasteiger partial charge in [-0.3, -0.25) is 9.36 Å². The summed E-state index contributed by atoms with van der Waals surface area (Å²) in [4.78, 5) is 25.2. The van der Waals surface area contributed by atoms with Crippen LogP contribution in [0.2, 0.25) is 0 Å². The highest BCUT2D eigenvalue weighted by Crippen LogP contribution is 2.07. The normalized spacial score (nSPS) is 10.8. The van der Waals surface area contributed by atoms with Gasteiger partial charge in [0.1, 0.15) is 0 Å². The lowest BCUT2D eigenvalue weighted by Gasteiger charge is -2.12. The molecule has 0 unspecified atom stereocenters. The molecule has 0 atom stereocenters. The molecule has 0 bridgehead atoms. The van der Waals surface area contributed by atoms with Crippen molar-refractivity contribution >= 4 is 0 Å². The molecule has 0 aliphatic heterocycles. The zero-order chi connectivity index (χ0) is 10.6. The van der Waals surface area contributed by atoms with Crippen LogP contribution in [0, 0.1) is 5.92 Å². The smallest absolute Gasteiger partial charge is 0.314 e. The van der Waals surface area contributed by atoms with Crippen molar-refractivity contribution in [3.63, 3.8) is 0 Å². The molecule has 0 aliphatic carbocycles. The lowest BCUT2D eigenvalue weighted by Crippen LogP contribution is -2.35. The predicted molar refractivity (Wildman–Crippen MR) is 55.4 cm³/mol. The van der Waals surface area contributed by atoms with E-state index in [1.165, 1.54) is 16.8 Å².